The Morgan fingerprint density at radius 2 is 1.86 bits per heavy atom. The van der Waals surface area contributed by atoms with Crippen molar-refractivity contribution in [1.82, 2.24) is 4.98 Å². The van der Waals surface area contributed by atoms with Crippen LogP contribution in [-0.2, 0) is 21.3 Å². The van der Waals surface area contributed by atoms with Gasteiger partial charge in [-0.3, -0.25) is 9.78 Å². The Labute approximate surface area is 123 Å². The number of nitrogens with zero attached hydrogens (tertiary/aromatic N) is 1. The second-order valence-corrected chi connectivity index (χ2v) is 4.93. The molecule has 0 unspecified atom stereocenters. The Kier molecular flexibility index (Phi) is 3.17. The van der Waals surface area contributed by atoms with E-state index in [2.05, 4.69) is 4.98 Å². The van der Waals surface area contributed by atoms with Crippen LogP contribution in [0.2, 0.25) is 0 Å². The van der Waals surface area contributed by atoms with Gasteiger partial charge in [0, 0.05) is 6.20 Å². The monoisotopic (exact) mass is 308 g/mol. The molecule has 0 bridgehead atoms. The van der Waals surface area contributed by atoms with Crippen LogP contribution in [0.1, 0.15) is 22.9 Å². The molecule has 2 N–H and O–H groups in total. The number of nitrogens with two attached hydrogens (primary N) is 1. The number of pyridine rings is 1. The molecule has 1 amide bonds. The maximum Gasteiger partial charge on any atom is 0.416 e. The first-order valence-electron chi connectivity index (χ1n) is 6.42. The first kappa shape index (κ1) is 14.5. The number of hydrogen-bond donors (Lipinski definition) is 1. The Morgan fingerprint density at radius 3 is 2.36 bits per heavy atom. The van der Waals surface area contributed by atoms with Crippen LogP contribution >= 0.6 is 0 Å². The maximum atomic E-state index is 12.6. The summed E-state index contributed by atoms with van der Waals surface area (Å²) in [6, 6.07) is 9.39. The van der Waals surface area contributed by atoms with E-state index in [1.54, 1.807) is 18.2 Å². The van der Waals surface area contributed by atoms with Crippen molar-refractivity contribution in [3.8, 4) is 0 Å². The van der Waals surface area contributed by atoms with Crippen molar-refractivity contribution in [2.24, 2.45) is 5.73 Å². The molecule has 1 saturated heterocycles. The van der Waals surface area contributed by atoms with Gasteiger partial charge in [0.1, 0.15) is 6.10 Å². The molecule has 2 heterocycles. The third-order valence-electron chi connectivity index (χ3n) is 3.57. The molecule has 0 spiro atoms. The fourth-order valence-electron chi connectivity index (χ4n) is 2.39. The molecule has 1 aromatic heterocycles. The summed E-state index contributed by atoms with van der Waals surface area (Å²) in [6.45, 7) is 0. The van der Waals surface area contributed by atoms with Crippen molar-refractivity contribution < 1.29 is 22.7 Å². The van der Waals surface area contributed by atoms with Gasteiger partial charge in [0.2, 0.25) is 5.60 Å². The van der Waals surface area contributed by atoms with Gasteiger partial charge in [0.05, 0.1) is 11.3 Å². The van der Waals surface area contributed by atoms with E-state index in [-0.39, 0.29) is 0 Å². The summed E-state index contributed by atoms with van der Waals surface area (Å²) in [5.74, 6) is -0.726. The first-order valence-corrected chi connectivity index (χ1v) is 6.42. The quantitative estimate of drug-likeness (QED) is 0.886. The van der Waals surface area contributed by atoms with Gasteiger partial charge in [0.25, 0.3) is 5.91 Å². The molecule has 1 aliphatic rings. The van der Waals surface area contributed by atoms with Crippen LogP contribution in [0.25, 0.3) is 0 Å². The number of benzene rings is 1. The maximum absolute atomic E-state index is 12.6. The normalized spacial score (nSPS) is 24.0. The molecule has 0 radical (unpaired) electrons. The Morgan fingerprint density at radius 1 is 1.18 bits per heavy atom. The molecule has 0 aliphatic carbocycles. The molecule has 114 valence electrons. The summed E-state index contributed by atoms with van der Waals surface area (Å²) in [5.41, 5.74) is 4.01. The van der Waals surface area contributed by atoms with E-state index < -0.39 is 29.4 Å². The number of ether oxygens (including phenoxy) is 1. The third kappa shape index (κ3) is 2.23. The van der Waals surface area contributed by atoms with Crippen LogP contribution < -0.4 is 5.73 Å². The van der Waals surface area contributed by atoms with E-state index in [4.69, 9.17) is 10.5 Å². The number of rotatable bonds is 3. The molecular weight excluding hydrogens is 297 g/mol. The molecule has 0 saturated carbocycles. The van der Waals surface area contributed by atoms with Crippen molar-refractivity contribution in [2.45, 2.75) is 17.9 Å². The predicted molar refractivity (Wildman–Crippen MR) is 70.4 cm³/mol. The van der Waals surface area contributed by atoms with Gasteiger partial charge in [-0.2, -0.15) is 13.2 Å². The van der Waals surface area contributed by atoms with Gasteiger partial charge in [-0.25, -0.2) is 0 Å². The van der Waals surface area contributed by atoms with Crippen LogP contribution in [0.5, 0.6) is 0 Å². The van der Waals surface area contributed by atoms with Crippen molar-refractivity contribution in [3.05, 3.63) is 65.5 Å². The summed E-state index contributed by atoms with van der Waals surface area (Å²) in [4.78, 5) is 15.8. The molecule has 4 nitrogen and oxygen atoms in total. The third-order valence-corrected chi connectivity index (χ3v) is 3.57. The fraction of sp³-hybridized carbons (Fsp3) is 0.200. The second-order valence-electron chi connectivity index (χ2n) is 4.93. The van der Waals surface area contributed by atoms with Gasteiger partial charge < -0.3 is 10.5 Å². The minimum absolute atomic E-state index is 0.340. The molecule has 2 atom stereocenters. The summed E-state index contributed by atoms with van der Waals surface area (Å²) in [7, 11) is 0. The number of carbonyl (C=O) groups excluding carboxylic acids is 1. The van der Waals surface area contributed by atoms with Gasteiger partial charge in [-0.15, -0.1) is 0 Å². The summed E-state index contributed by atoms with van der Waals surface area (Å²) in [5, 5.41) is 0. The lowest BCUT2D eigenvalue weighted by molar-refractivity contribution is -0.137. The SMILES string of the molecule is NC(=O)[C@]1(c2ccccn2)O[C@@H]1c1ccc(C(F)(F)F)cc1. The first-order chi connectivity index (χ1) is 10.4. The molecule has 3 rings (SSSR count). The number of alkyl halides is 3. The standard InChI is InChI=1S/C15H11F3N2O2/c16-15(17,18)10-6-4-9(5-7-10)12-14(22-12,13(19)21)11-3-1-2-8-20-11/h1-8,12H,(H2,19,21)/t12-,14-/m1/s1. The highest BCUT2D eigenvalue weighted by molar-refractivity contribution is 5.88. The van der Waals surface area contributed by atoms with Crippen molar-refractivity contribution >= 4 is 5.91 Å². The number of amides is 1. The Balaban J connectivity index is 1.93. The fourth-order valence-corrected chi connectivity index (χ4v) is 2.39. The van der Waals surface area contributed by atoms with Crippen molar-refractivity contribution in [1.29, 1.82) is 0 Å². The van der Waals surface area contributed by atoms with E-state index in [9.17, 15) is 18.0 Å². The van der Waals surface area contributed by atoms with Crippen LogP contribution in [-0.4, -0.2) is 10.9 Å². The topological polar surface area (TPSA) is 68.5 Å². The summed E-state index contributed by atoms with van der Waals surface area (Å²) >= 11 is 0. The van der Waals surface area contributed by atoms with Gasteiger partial charge in [-0.1, -0.05) is 18.2 Å². The zero-order valence-corrected chi connectivity index (χ0v) is 11.2. The minimum Gasteiger partial charge on any atom is -0.367 e. The average molecular weight is 308 g/mol. The lowest BCUT2D eigenvalue weighted by atomic mass is 9.94. The highest BCUT2D eigenvalue weighted by Gasteiger charge is 2.64. The average Bonchev–Trinajstić information content (AvgIpc) is 3.24. The number of carbonyl (C=O) groups is 1. The molecule has 22 heavy (non-hydrogen) atoms. The van der Waals surface area contributed by atoms with Crippen LogP contribution in [0.15, 0.2) is 48.7 Å². The smallest absolute Gasteiger partial charge is 0.367 e. The lowest BCUT2D eigenvalue weighted by Crippen LogP contribution is -2.31. The summed E-state index contributed by atoms with van der Waals surface area (Å²) < 4.78 is 43.1. The number of epoxide rings is 1. The Hall–Kier alpha value is -2.41. The van der Waals surface area contributed by atoms with E-state index in [1.807, 2.05) is 0 Å². The minimum atomic E-state index is -4.41. The van der Waals surface area contributed by atoms with Crippen LogP contribution in [0, 0.1) is 0 Å². The second kappa shape index (κ2) is 4.81. The van der Waals surface area contributed by atoms with Crippen LogP contribution in [0.3, 0.4) is 0 Å². The zero-order valence-electron chi connectivity index (χ0n) is 11.2. The van der Waals surface area contributed by atoms with Crippen molar-refractivity contribution in [2.75, 3.05) is 0 Å². The van der Waals surface area contributed by atoms with Gasteiger partial charge >= 0.3 is 6.18 Å². The Bertz CT molecular complexity index is 701. The molecule has 2 aromatic rings. The molecule has 1 aliphatic heterocycles. The highest BCUT2D eigenvalue weighted by Crippen LogP contribution is 2.56. The number of hydrogen-bond acceptors (Lipinski definition) is 3. The molecule has 1 fully saturated rings. The highest BCUT2D eigenvalue weighted by atomic mass is 19.4. The van der Waals surface area contributed by atoms with E-state index >= 15 is 0 Å². The molecule has 7 heteroatoms. The van der Waals surface area contributed by atoms with Crippen molar-refractivity contribution in [3.63, 3.8) is 0 Å². The molecular formula is C15H11F3N2O2. The predicted octanol–water partition coefficient (Wildman–Crippen LogP) is 2.55. The van der Waals surface area contributed by atoms with Gasteiger partial charge in [0.15, 0.2) is 0 Å². The molecule has 1 aromatic carbocycles. The van der Waals surface area contributed by atoms with Crippen LogP contribution in [0.4, 0.5) is 13.2 Å². The van der Waals surface area contributed by atoms with E-state index in [0.29, 0.717) is 11.3 Å². The van der Waals surface area contributed by atoms with Gasteiger partial charge in [-0.05, 0) is 29.8 Å². The lowest BCUT2D eigenvalue weighted by Gasteiger charge is -2.09. The largest absolute Gasteiger partial charge is 0.416 e. The summed E-state index contributed by atoms with van der Waals surface area (Å²) in [6.07, 6.45) is -3.65. The van der Waals surface area contributed by atoms with E-state index in [0.717, 1.165) is 12.1 Å². The number of aromatic nitrogens is 1. The van der Waals surface area contributed by atoms with E-state index in [1.165, 1.54) is 18.3 Å². The number of primary amides is 1. The zero-order chi connectivity index (χ0) is 16.0. The number of halogens is 3.